The monoisotopic (exact) mass is 597 g/mol. The molecule has 2 aromatic rings. The molecule has 4 N–H and O–H groups in total. The average molecular weight is 598 g/mol. The summed E-state index contributed by atoms with van der Waals surface area (Å²) in [6.45, 7) is 5.21. The van der Waals surface area contributed by atoms with Crippen LogP contribution >= 0.6 is 12.4 Å². The van der Waals surface area contributed by atoms with Crippen molar-refractivity contribution in [1.82, 2.24) is 40.5 Å². The van der Waals surface area contributed by atoms with E-state index in [1.54, 1.807) is 4.90 Å². The highest BCUT2D eigenvalue weighted by atomic mass is 35.5. The van der Waals surface area contributed by atoms with E-state index in [0.717, 1.165) is 25.9 Å². The molecule has 3 saturated heterocycles. The number of carbonyl (C=O) groups is 2. The molecule has 0 aliphatic carbocycles. The molecule has 41 heavy (non-hydrogen) atoms. The van der Waals surface area contributed by atoms with Crippen LogP contribution in [-0.2, 0) is 14.3 Å². The molecule has 2 aromatic heterocycles. The smallest absolute Gasteiger partial charge is 0.281 e. The van der Waals surface area contributed by atoms with Crippen LogP contribution in [0.3, 0.4) is 0 Å². The number of anilines is 3. The van der Waals surface area contributed by atoms with Gasteiger partial charge in [-0.25, -0.2) is 18.7 Å². The Balaban J connectivity index is 0.00000387. The molecule has 0 radical (unpaired) electrons. The van der Waals surface area contributed by atoms with Crippen molar-refractivity contribution in [2.24, 2.45) is 5.92 Å². The summed E-state index contributed by atoms with van der Waals surface area (Å²) in [6.07, 6.45) is -0.182. The minimum Gasteiger partial charge on any atom is -0.378 e. The molecule has 3 aliphatic rings. The van der Waals surface area contributed by atoms with E-state index in [2.05, 4.69) is 35.6 Å². The van der Waals surface area contributed by atoms with E-state index < -0.39 is 12.1 Å². The number of nitrogens with two attached hydrogens (primary N) is 1. The number of piperidine rings is 1. The molecule has 0 unspecified atom stereocenters. The van der Waals surface area contributed by atoms with Gasteiger partial charge in [-0.05, 0) is 25.9 Å². The predicted molar refractivity (Wildman–Crippen MR) is 148 cm³/mol. The van der Waals surface area contributed by atoms with Gasteiger partial charge in [-0.2, -0.15) is 15.0 Å². The highest BCUT2D eigenvalue weighted by molar-refractivity contribution is 5.86. The number of carbonyl (C=O) groups excluding carboxylic acids is 2. The van der Waals surface area contributed by atoms with Crippen LogP contribution in [0.15, 0.2) is 6.20 Å². The molecule has 5 rings (SSSR count). The molecule has 224 valence electrons. The summed E-state index contributed by atoms with van der Waals surface area (Å²) in [5, 5.41) is 6.00. The number of ether oxygens (including phenoxy) is 1. The summed E-state index contributed by atoms with van der Waals surface area (Å²) in [4.78, 5) is 51.9. The summed E-state index contributed by atoms with van der Waals surface area (Å²) in [6, 6.07) is 0. The van der Waals surface area contributed by atoms with Crippen molar-refractivity contribution < 1.29 is 23.1 Å². The molecule has 3 aliphatic heterocycles. The lowest BCUT2D eigenvalue weighted by Crippen LogP contribution is -2.52. The van der Waals surface area contributed by atoms with Crippen molar-refractivity contribution in [2.75, 3.05) is 87.7 Å². The van der Waals surface area contributed by atoms with Crippen LogP contribution in [0, 0.1) is 5.92 Å². The van der Waals surface area contributed by atoms with Gasteiger partial charge >= 0.3 is 0 Å². The average Bonchev–Trinajstić information content (AvgIpc) is 3.00. The number of nitrogens with zero attached hydrogens (tertiary/aromatic N) is 8. The zero-order valence-corrected chi connectivity index (χ0v) is 23.3. The van der Waals surface area contributed by atoms with Crippen molar-refractivity contribution in [2.45, 2.75) is 19.3 Å². The lowest BCUT2D eigenvalue weighted by molar-refractivity contribution is -0.134. The number of morpholine rings is 1. The molecular weight excluding hydrogens is 564 g/mol. The Hall–Kier alpha value is -3.50. The first kappa shape index (κ1) is 30.5. The Morgan fingerprint density at radius 1 is 1.00 bits per heavy atom. The van der Waals surface area contributed by atoms with Gasteiger partial charge in [-0.15, -0.1) is 12.4 Å². The summed E-state index contributed by atoms with van der Waals surface area (Å²) >= 11 is 0. The molecule has 17 heteroatoms. The SMILES string of the molecule is Cl.Nc1ncc(-c2nc(N3CCOCC3)nc(N3CCN(C(=O)CNC(=O)C4CCNCC4)CC3)n2)c(C(F)F)n1. The van der Waals surface area contributed by atoms with Crippen LogP contribution < -0.4 is 26.2 Å². The van der Waals surface area contributed by atoms with E-state index in [-0.39, 0.29) is 54.0 Å². The Morgan fingerprint density at radius 2 is 1.63 bits per heavy atom. The highest BCUT2D eigenvalue weighted by Gasteiger charge is 2.28. The Labute approximate surface area is 241 Å². The topological polar surface area (TPSA) is 168 Å². The van der Waals surface area contributed by atoms with Crippen molar-refractivity contribution in [1.29, 1.82) is 0 Å². The van der Waals surface area contributed by atoms with E-state index in [9.17, 15) is 18.4 Å². The van der Waals surface area contributed by atoms with E-state index in [1.807, 2.05) is 9.80 Å². The summed E-state index contributed by atoms with van der Waals surface area (Å²) in [7, 11) is 0. The predicted octanol–water partition coefficient (Wildman–Crippen LogP) is -0.129. The van der Waals surface area contributed by atoms with Crippen LogP contribution in [0.1, 0.15) is 25.0 Å². The molecule has 2 amide bonds. The number of halogens is 3. The van der Waals surface area contributed by atoms with Gasteiger partial charge in [0.25, 0.3) is 6.43 Å². The lowest BCUT2D eigenvalue weighted by Gasteiger charge is -2.35. The van der Waals surface area contributed by atoms with Crippen LogP contribution in [0.5, 0.6) is 0 Å². The van der Waals surface area contributed by atoms with Gasteiger partial charge in [0.1, 0.15) is 5.69 Å². The first-order chi connectivity index (χ1) is 19.4. The van der Waals surface area contributed by atoms with Gasteiger partial charge in [0.15, 0.2) is 5.82 Å². The molecule has 0 spiro atoms. The fraction of sp³-hybridized carbons (Fsp3) is 0.625. The molecule has 0 bridgehead atoms. The number of rotatable bonds is 7. The minimum absolute atomic E-state index is 0. The molecule has 3 fully saturated rings. The number of amides is 2. The molecule has 0 saturated carbocycles. The van der Waals surface area contributed by atoms with Gasteiger partial charge in [0, 0.05) is 51.4 Å². The van der Waals surface area contributed by atoms with E-state index >= 15 is 0 Å². The van der Waals surface area contributed by atoms with Crippen LogP contribution in [0.4, 0.5) is 26.6 Å². The minimum atomic E-state index is -2.91. The second-order valence-corrected chi connectivity index (χ2v) is 9.80. The van der Waals surface area contributed by atoms with Crippen molar-refractivity contribution in [3.8, 4) is 11.4 Å². The van der Waals surface area contributed by atoms with E-state index in [4.69, 9.17) is 10.5 Å². The maximum atomic E-state index is 13.8. The zero-order valence-electron chi connectivity index (χ0n) is 22.5. The van der Waals surface area contributed by atoms with Crippen LogP contribution in [0.2, 0.25) is 0 Å². The largest absolute Gasteiger partial charge is 0.378 e. The number of hydrogen-bond donors (Lipinski definition) is 3. The fourth-order valence-electron chi connectivity index (χ4n) is 4.93. The van der Waals surface area contributed by atoms with Gasteiger partial charge in [-0.3, -0.25) is 9.59 Å². The number of piperazine rings is 1. The van der Waals surface area contributed by atoms with E-state index in [1.165, 1.54) is 6.20 Å². The Morgan fingerprint density at radius 3 is 2.27 bits per heavy atom. The Kier molecular flexibility index (Phi) is 10.3. The highest BCUT2D eigenvalue weighted by Crippen LogP contribution is 2.30. The summed E-state index contributed by atoms with van der Waals surface area (Å²) in [5.74, 6) is 0.0656. The molecule has 5 heterocycles. The second kappa shape index (κ2) is 13.9. The first-order valence-corrected chi connectivity index (χ1v) is 13.4. The molecule has 0 aromatic carbocycles. The standard InChI is InChI=1S/C24H33F2N11O3.ClH/c25-19(26)18-16(13-30-22(27)31-18)20-32-23(34-24(33-20)37-9-11-40-12-10-37)36-7-5-35(6-8-36)17(38)14-29-21(39)15-1-3-28-4-2-15;/h13,15,19,28H,1-12,14H2,(H,29,39)(H2,27,30,31);1H. The normalized spacial score (nSPS) is 18.3. The Bertz CT molecular complexity index is 1210. The van der Waals surface area contributed by atoms with Crippen molar-refractivity contribution in [3.63, 3.8) is 0 Å². The molecule has 0 atom stereocenters. The van der Waals surface area contributed by atoms with Gasteiger partial charge in [0.2, 0.25) is 29.7 Å². The maximum Gasteiger partial charge on any atom is 0.281 e. The van der Waals surface area contributed by atoms with Gasteiger partial charge in [0.05, 0.1) is 25.3 Å². The fourth-order valence-corrected chi connectivity index (χ4v) is 4.93. The van der Waals surface area contributed by atoms with Crippen LogP contribution in [0.25, 0.3) is 11.4 Å². The van der Waals surface area contributed by atoms with Gasteiger partial charge in [-0.1, -0.05) is 0 Å². The number of hydrogen-bond acceptors (Lipinski definition) is 12. The van der Waals surface area contributed by atoms with E-state index in [0.29, 0.717) is 64.4 Å². The number of aromatic nitrogens is 5. The van der Waals surface area contributed by atoms with Crippen molar-refractivity contribution in [3.05, 3.63) is 11.9 Å². The number of alkyl halides is 2. The molecular formula is C24H34ClF2N11O3. The van der Waals surface area contributed by atoms with Gasteiger partial charge < -0.3 is 35.8 Å². The summed E-state index contributed by atoms with van der Waals surface area (Å²) < 4.78 is 33.1. The number of nitrogens with one attached hydrogen (secondary N) is 2. The zero-order chi connectivity index (χ0) is 28.1. The summed E-state index contributed by atoms with van der Waals surface area (Å²) in [5.41, 5.74) is 4.97. The molecule has 14 nitrogen and oxygen atoms in total. The number of nitrogen functional groups attached to an aromatic ring is 1. The maximum absolute atomic E-state index is 13.8. The third-order valence-electron chi connectivity index (χ3n) is 7.23. The van der Waals surface area contributed by atoms with Crippen molar-refractivity contribution >= 4 is 42.1 Å². The van der Waals surface area contributed by atoms with Crippen LogP contribution in [-0.4, -0.2) is 114 Å². The quantitative estimate of drug-likeness (QED) is 0.387. The third-order valence-corrected chi connectivity index (χ3v) is 7.23. The first-order valence-electron chi connectivity index (χ1n) is 13.4. The second-order valence-electron chi connectivity index (χ2n) is 9.80. The lowest BCUT2D eigenvalue weighted by atomic mass is 9.97. The third kappa shape index (κ3) is 7.42.